The minimum Gasteiger partial charge on any atom is -0.454 e. The Hall–Kier alpha value is -8.61. The van der Waals surface area contributed by atoms with Crippen molar-refractivity contribution in [3.8, 4) is 51.0 Å². The molecular weight excluding hydrogens is 771 g/mol. The van der Waals surface area contributed by atoms with Crippen LogP contribution in [-0.4, -0.2) is 23.9 Å². The fourth-order valence-corrected chi connectivity index (χ4v) is 10.2. The third-order valence-electron chi connectivity index (χ3n) is 12.9. The predicted molar refractivity (Wildman–Crippen MR) is 258 cm³/mol. The van der Waals surface area contributed by atoms with Crippen LogP contribution >= 0.6 is 0 Å². The number of benzene rings is 9. The van der Waals surface area contributed by atoms with Crippen LogP contribution < -0.4 is 0 Å². The summed E-state index contributed by atoms with van der Waals surface area (Å²) in [6.45, 7) is 0. The standard InChI is InChI=1S/C57H33N5O/c1-3-14-34(15-4-1)35-26-28-37(29-27-35)56-58-55(36-16-5-2-6-17-36)59-57(60-56)44-31-33-48(54-50(44)43-20-9-12-25-49(43)63-54)61-46-24-11-8-19-42(46)51-47(61)32-30-41-40-22-13-21-39-38-18-7-10-23-45(38)62(52(39)40)53(41)51/h1-33H. The molecule has 0 spiro atoms. The van der Waals surface area contributed by atoms with Crippen LogP contribution in [0.2, 0.25) is 0 Å². The number of furan rings is 1. The average Bonchev–Trinajstić information content (AvgIpc) is 4.11. The molecule has 0 aliphatic rings. The van der Waals surface area contributed by atoms with E-state index in [1.807, 2.05) is 48.5 Å². The van der Waals surface area contributed by atoms with Crippen molar-refractivity contribution >= 4 is 81.8 Å². The first-order chi connectivity index (χ1) is 31.3. The quantitative estimate of drug-likeness (QED) is 0.174. The Balaban J connectivity index is 1.04. The third kappa shape index (κ3) is 4.86. The zero-order chi connectivity index (χ0) is 41.2. The molecule has 0 fully saturated rings. The Kier molecular flexibility index (Phi) is 7.02. The molecule has 0 amide bonds. The lowest BCUT2D eigenvalue weighted by molar-refractivity contribution is 0.666. The smallest absolute Gasteiger partial charge is 0.164 e. The summed E-state index contributed by atoms with van der Waals surface area (Å²) in [4.78, 5) is 15.6. The van der Waals surface area contributed by atoms with Crippen molar-refractivity contribution < 1.29 is 4.42 Å². The van der Waals surface area contributed by atoms with E-state index >= 15 is 0 Å². The van der Waals surface area contributed by atoms with Gasteiger partial charge in [-0.3, -0.25) is 0 Å². The fraction of sp³-hybridized carbons (Fsp3) is 0. The molecule has 0 bridgehead atoms. The molecular formula is C57H33N5O. The topological polar surface area (TPSA) is 61.2 Å². The summed E-state index contributed by atoms with van der Waals surface area (Å²) < 4.78 is 11.9. The number of hydrogen-bond donors (Lipinski definition) is 0. The molecule has 63 heavy (non-hydrogen) atoms. The first-order valence-electron chi connectivity index (χ1n) is 21.3. The van der Waals surface area contributed by atoms with Crippen molar-refractivity contribution in [1.29, 1.82) is 0 Å². The second kappa shape index (κ2) is 12.9. The Labute approximate surface area is 359 Å². The molecule has 5 heterocycles. The number of aromatic nitrogens is 5. The molecule has 0 N–H and O–H groups in total. The van der Waals surface area contributed by atoms with Gasteiger partial charge in [0.15, 0.2) is 23.1 Å². The number of nitrogens with zero attached hydrogens (tertiary/aromatic N) is 5. The van der Waals surface area contributed by atoms with E-state index in [1.54, 1.807) is 0 Å². The Bertz CT molecular complexity index is 4130. The van der Waals surface area contributed by atoms with Gasteiger partial charge < -0.3 is 13.4 Å². The van der Waals surface area contributed by atoms with Crippen molar-refractivity contribution in [3.63, 3.8) is 0 Å². The van der Waals surface area contributed by atoms with Crippen molar-refractivity contribution in [2.24, 2.45) is 0 Å². The van der Waals surface area contributed by atoms with E-state index in [1.165, 1.54) is 48.9 Å². The first kappa shape index (κ1) is 34.1. The normalized spacial score (nSPS) is 12.1. The molecule has 0 aliphatic heterocycles. The summed E-state index contributed by atoms with van der Waals surface area (Å²) in [6.07, 6.45) is 0. The summed E-state index contributed by atoms with van der Waals surface area (Å²) in [5, 5.41) is 9.40. The highest BCUT2D eigenvalue weighted by molar-refractivity contribution is 6.31. The van der Waals surface area contributed by atoms with Gasteiger partial charge in [0.1, 0.15) is 5.58 Å². The summed E-state index contributed by atoms with van der Waals surface area (Å²) in [5.41, 5.74) is 13.4. The van der Waals surface area contributed by atoms with E-state index in [0.29, 0.717) is 17.5 Å². The highest BCUT2D eigenvalue weighted by Gasteiger charge is 2.26. The Morgan fingerprint density at radius 2 is 0.889 bits per heavy atom. The molecule has 14 rings (SSSR count). The monoisotopic (exact) mass is 803 g/mol. The van der Waals surface area contributed by atoms with Crippen molar-refractivity contribution in [3.05, 3.63) is 200 Å². The van der Waals surface area contributed by atoms with Crippen molar-refractivity contribution in [1.82, 2.24) is 23.9 Å². The van der Waals surface area contributed by atoms with Gasteiger partial charge in [-0.2, -0.15) is 0 Å². The van der Waals surface area contributed by atoms with Gasteiger partial charge in [-0.25, -0.2) is 15.0 Å². The molecule has 0 saturated carbocycles. The SMILES string of the molecule is c1ccc(-c2ccc(-c3nc(-c4ccccc4)nc(-c4ccc(-n5c6ccccc6c6c5ccc5c7cccc8c9ccccc9n(c87)c56)c5oc6ccccc6c45)n3)cc2)cc1. The molecule has 0 unspecified atom stereocenters. The summed E-state index contributed by atoms with van der Waals surface area (Å²) in [6, 6.07) is 70.5. The van der Waals surface area contributed by atoms with Gasteiger partial charge >= 0.3 is 0 Å². The number of hydrogen-bond acceptors (Lipinski definition) is 4. The van der Waals surface area contributed by atoms with Crippen LogP contribution in [0, 0.1) is 0 Å². The number of fused-ring (bicyclic) bond motifs is 13. The summed E-state index contributed by atoms with van der Waals surface area (Å²) in [5.74, 6) is 1.79. The highest BCUT2D eigenvalue weighted by atomic mass is 16.3. The van der Waals surface area contributed by atoms with Gasteiger partial charge in [0, 0.05) is 59.8 Å². The predicted octanol–water partition coefficient (Wildman–Crippen LogP) is 14.7. The largest absolute Gasteiger partial charge is 0.454 e. The lowest BCUT2D eigenvalue weighted by Gasteiger charge is -2.13. The van der Waals surface area contributed by atoms with Crippen LogP contribution in [0.5, 0.6) is 0 Å². The van der Waals surface area contributed by atoms with Gasteiger partial charge in [0.05, 0.1) is 33.3 Å². The molecule has 0 radical (unpaired) electrons. The minimum absolute atomic E-state index is 0.579. The summed E-state index contributed by atoms with van der Waals surface area (Å²) >= 11 is 0. The molecule has 9 aromatic carbocycles. The van der Waals surface area contributed by atoms with E-state index < -0.39 is 0 Å². The van der Waals surface area contributed by atoms with E-state index in [2.05, 4.69) is 161 Å². The first-order valence-corrected chi connectivity index (χ1v) is 21.3. The van der Waals surface area contributed by atoms with Crippen molar-refractivity contribution in [2.45, 2.75) is 0 Å². The van der Waals surface area contributed by atoms with Crippen LogP contribution in [0.25, 0.3) is 133 Å². The summed E-state index contributed by atoms with van der Waals surface area (Å²) in [7, 11) is 0. The van der Waals surface area contributed by atoms with Crippen LogP contribution in [0.15, 0.2) is 205 Å². The molecule has 5 aromatic heterocycles. The van der Waals surface area contributed by atoms with E-state index in [4.69, 9.17) is 19.4 Å². The van der Waals surface area contributed by atoms with Gasteiger partial charge in [-0.15, -0.1) is 0 Å². The maximum Gasteiger partial charge on any atom is 0.164 e. The molecule has 0 aliphatic carbocycles. The van der Waals surface area contributed by atoms with Crippen LogP contribution in [0.3, 0.4) is 0 Å². The average molecular weight is 804 g/mol. The zero-order valence-electron chi connectivity index (χ0n) is 33.7. The van der Waals surface area contributed by atoms with Gasteiger partial charge in [-0.1, -0.05) is 164 Å². The molecule has 0 atom stereocenters. The highest BCUT2D eigenvalue weighted by Crippen LogP contribution is 2.47. The molecule has 292 valence electrons. The molecule has 6 heteroatoms. The van der Waals surface area contributed by atoms with E-state index in [9.17, 15) is 0 Å². The maximum atomic E-state index is 6.99. The van der Waals surface area contributed by atoms with Gasteiger partial charge in [0.2, 0.25) is 0 Å². The van der Waals surface area contributed by atoms with E-state index in [0.717, 1.165) is 66.5 Å². The van der Waals surface area contributed by atoms with Crippen LogP contribution in [-0.2, 0) is 0 Å². The zero-order valence-corrected chi connectivity index (χ0v) is 33.7. The molecule has 6 nitrogen and oxygen atoms in total. The maximum absolute atomic E-state index is 6.99. The number of para-hydroxylation sites is 4. The number of rotatable bonds is 5. The molecule has 14 aromatic rings. The Morgan fingerprint density at radius 3 is 1.67 bits per heavy atom. The lowest BCUT2D eigenvalue weighted by Crippen LogP contribution is -2.01. The Morgan fingerprint density at radius 1 is 0.333 bits per heavy atom. The molecule has 0 saturated heterocycles. The van der Waals surface area contributed by atoms with Crippen LogP contribution in [0.1, 0.15) is 0 Å². The second-order valence-electron chi connectivity index (χ2n) is 16.3. The van der Waals surface area contributed by atoms with Crippen LogP contribution in [0.4, 0.5) is 0 Å². The van der Waals surface area contributed by atoms with E-state index in [-0.39, 0.29) is 0 Å². The minimum atomic E-state index is 0.579. The van der Waals surface area contributed by atoms with Gasteiger partial charge in [0.25, 0.3) is 0 Å². The van der Waals surface area contributed by atoms with Gasteiger partial charge in [-0.05, 0) is 47.5 Å². The second-order valence-corrected chi connectivity index (χ2v) is 16.3. The van der Waals surface area contributed by atoms with Crippen molar-refractivity contribution in [2.75, 3.05) is 0 Å². The lowest BCUT2D eigenvalue weighted by atomic mass is 10.0. The fourth-order valence-electron chi connectivity index (χ4n) is 10.2. The third-order valence-corrected chi connectivity index (χ3v) is 12.9.